The van der Waals surface area contributed by atoms with Crippen molar-refractivity contribution in [2.24, 2.45) is 0 Å². The molecular weight excluding hydrogens is 200 g/mol. The fourth-order valence-electron chi connectivity index (χ4n) is 2.16. The molecule has 0 N–H and O–H groups in total. The van der Waals surface area contributed by atoms with Crippen LogP contribution >= 0.6 is 0 Å². The van der Waals surface area contributed by atoms with Gasteiger partial charge in [-0.3, -0.25) is 4.84 Å². The van der Waals surface area contributed by atoms with Crippen LogP contribution < -0.4 is 0 Å². The van der Waals surface area contributed by atoms with Crippen molar-refractivity contribution in [3.05, 3.63) is 35.4 Å². The summed E-state index contributed by atoms with van der Waals surface area (Å²) in [6.07, 6.45) is 1.11. The molecule has 1 aromatic rings. The van der Waals surface area contributed by atoms with Crippen molar-refractivity contribution < 1.29 is 4.84 Å². The van der Waals surface area contributed by atoms with E-state index in [1.165, 1.54) is 5.56 Å². The second kappa shape index (κ2) is 5.11. The van der Waals surface area contributed by atoms with E-state index < -0.39 is 0 Å². The Bertz CT molecular complexity index is 397. The Labute approximate surface area is 96.2 Å². The molecule has 1 fully saturated rings. The third-order valence-corrected chi connectivity index (χ3v) is 2.95. The van der Waals surface area contributed by atoms with Crippen LogP contribution in [0.5, 0.6) is 0 Å². The largest absolute Gasteiger partial charge is 0.299 e. The summed E-state index contributed by atoms with van der Waals surface area (Å²) in [4.78, 5) is 5.48. The molecule has 0 saturated carbocycles. The second-order valence-electron chi connectivity index (χ2n) is 4.03. The predicted molar refractivity (Wildman–Crippen MR) is 61.7 cm³/mol. The van der Waals surface area contributed by atoms with Gasteiger partial charge in [-0.15, -0.1) is 0 Å². The molecule has 0 aliphatic carbocycles. The Morgan fingerprint density at radius 3 is 3.19 bits per heavy atom. The molecule has 0 bridgehead atoms. The van der Waals surface area contributed by atoms with Crippen molar-refractivity contribution in [2.45, 2.75) is 19.3 Å². The number of nitriles is 1. The maximum absolute atomic E-state index is 8.86. The van der Waals surface area contributed by atoms with Crippen molar-refractivity contribution in [2.75, 3.05) is 19.7 Å². The highest BCUT2D eigenvalue weighted by Crippen LogP contribution is 2.27. The number of hydroxylamine groups is 2. The smallest absolute Gasteiger partial charge is 0.0991 e. The highest BCUT2D eigenvalue weighted by atomic mass is 16.7. The van der Waals surface area contributed by atoms with Gasteiger partial charge in [-0.1, -0.05) is 12.1 Å². The molecule has 1 aliphatic heterocycles. The lowest BCUT2D eigenvalue weighted by molar-refractivity contribution is -0.138. The fraction of sp³-hybridized carbons (Fsp3) is 0.462. The van der Waals surface area contributed by atoms with Crippen LogP contribution in [0.25, 0.3) is 0 Å². The molecule has 2 rings (SSSR count). The summed E-state index contributed by atoms with van der Waals surface area (Å²) in [5.74, 6) is 0.500. The number of benzene rings is 1. The van der Waals surface area contributed by atoms with Crippen LogP contribution in [0.4, 0.5) is 0 Å². The Balaban J connectivity index is 2.06. The molecule has 1 unspecified atom stereocenters. The van der Waals surface area contributed by atoms with Crippen molar-refractivity contribution in [3.63, 3.8) is 0 Å². The standard InChI is InChI=1S/C13H16N2O/c1-2-16-15-7-6-13(10-15)12-5-3-4-11(8-12)9-14/h3-5,8,13H,2,6-7,10H2,1H3. The maximum Gasteiger partial charge on any atom is 0.0991 e. The predicted octanol–water partition coefficient (Wildman–Crippen LogP) is 2.30. The van der Waals surface area contributed by atoms with Crippen LogP contribution in [0.1, 0.15) is 30.4 Å². The lowest BCUT2D eigenvalue weighted by Gasteiger charge is -2.14. The van der Waals surface area contributed by atoms with E-state index >= 15 is 0 Å². The van der Waals surface area contributed by atoms with Gasteiger partial charge in [0.25, 0.3) is 0 Å². The molecule has 0 radical (unpaired) electrons. The Morgan fingerprint density at radius 2 is 2.44 bits per heavy atom. The summed E-state index contributed by atoms with van der Waals surface area (Å²) in [6, 6.07) is 10.1. The van der Waals surface area contributed by atoms with Gasteiger partial charge in [0.1, 0.15) is 0 Å². The first kappa shape index (κ1) is 11.1. The molecule has 1 heterocycles. The zero-order valence-corrected chi connectivity index (χ0v) is 9.52. The molecule has 3 nitrogen and oxygen atoms in total. The van der Waals surface area contributed by atoms with Gasteiger partial charge >= 0.3 is 0 Å². The van der Waals surface area contributed by atoms with Gasteiger partial charge in [0.05, 0.1) is 18.2 Å². The highest BCUT2D eigenvalue weighted by molar-refractivity contribution is 5.34. The number of rotatable bonds is 3. The van der Waals surface area contributed by atoms with Gasteiger partial charge in [0.15, 0.2) is 0 Å². The highest BCUT2D eigenvalue weighted by Gasteiger charge is 2.24. The van der Waals surface area contributed by atoms with E-state index in [0.717, 1.165) is 31.7 Å². The summed E-state index contributed by atoms with van der Waals surface area (Å²) in [6.45, 7) is 4.65. The summed E-state index contributed by atoms with van der Waals surface area (Å²) in [7, 11) is 0. The van der Waals surface area contributed by atoms with Gasteiger partial charge in [-0.25, -0.2) is 0 Å². The van der Waals surface area contributed by atoms with Crippen LogP contribution in [0.2, 0.25) is 0 Å². The summed E-state index contributed by atoms with van der Waals surface area (Å²) < 4.78 is 0. The summed E-state index contributed by atoms with van der Waals surface area (Å²) in [5.41, 5.74) is 1.99. The molecule has 1 atom stereocenters. The molecule has 1 aromatic carbocycles. The van der Waals surface area contributed by atoms with Crippen molar-refractivity contribution in [1.82, 2.24) is 5.06 Å². The van der Waals surface area contributed by atoms with E-state index in [2.05, 4.69) is 12.1 Å². The molecule has 0 aromatic heterocycles. The van der Waals surface area contributed by atoms with Crippen LogP contribution in [0, 0.1) is 11.3 Å². The lowest BCUT2D eigenvalue weighted by Crippen LogP contribution is -2.20. The molecule has 3 heteroatoms. The number of nitrogens with zero attached hydrogens (tertiary/aromatic N) is 2. The van der Waals surface area contributed by atoms with Crippen molar-refractivity contribution in [1.29, 1.82) is 5.26 Å². The SMILES string of the molecule is CCON1CCC(c2cccc(C#N)c2)C1. The van der Waals surface area contributed by atoms with Crippen LogP contribution in [0.3, 0.4) is 0 Å². The summed E-state index contributed by atoms with van der Waals surface area (Å²) >= 11 is 0. The van der Waals surface area contributed by atoms with Gasteiger partial charge < -0.3 is 0 Å². The Hall–Kier alpha value is -1.37. The minimum atomic E-state index is 0.500. The van der Waals surface area contributed by atoms with Gasteiger partial charge in [0.2, 0.25) is 0 Å². The zero-order chi connectivity index (χ0) is 11.4. The third kappa shape index (κ3) is 2.41. The second-order valence-corrected chi connectivity index (χ2v) is 4.03. The molecule has 1 saturated heterocycles. The quantitative estimate of drug-likeness (QED) is 0.777. The van der Waals surface area contributed by atoms with Crippen molar-refractivity contribution in [3.8, 4) is 6.07 Å². The fourth-order valence-corrected chi connectivity index (χ4v) is 2.16. The first-order chi connectivity index (χ1) is 7.83. The van der Waals surface area contributed by atoms with Gasteiger partial charge in [0, 0.05) is 19.0 Å². The van der Waals surface area contributed by atoms with E-state index in [-0.39, 0.29) is 0 Å². The lowest BCUT2D eigenvalue weighted by atomic mass is 9.97. The monoisotopic (exact) mass is 216 g/mol. The molecule has 1 aliphatic rings. The minimum Gasteiger partial charge on any atom is -0.299 e. The van der Waals surface area contributed by atoms with Crippen LogP contribution in [-0.2, 0) is 4.84 Å². The normalized spacial score (nSPS) is 20.9. The Morgan fingerprint density at radius 1 is 1.56 bits per heavy atom. The van der Waals surface area contributed by atoms with E-state index in [1.807, 2.05) is 30.2 Å². The minimum absolute atomic E-state index is 0.500. The molecule has 0 spiro atoms. The van der Waals surface area contributed by atoms with Crippen LogP contribution in [-0.4, -0.2) is 24.8 Å². The Kier molecular flexibility index (Phi) is 3.55. The first-order valence-electron chi connectivity index (χ1n) is 5.71. The maximum atomic E-state index is 8.86. The average molecular weight is 216 g/mol. The zero-order valence-electron chi connectivity index (χ0n) is 9.52. The van der Waals surface area contributed by atoms with Gasteiger partial charge in [-0.2, -0.15) is 10.3 Å². The number of hydrogen-bond donors (Lipinski definition) is 0. The number of hydrogen-bond acceptors (Lipinski definition) is 3. The third-order valence-electron chi connectivity index (χ3n) is 2.95. The van der Waals surface area contributed by atoms with E-state index in [4.69, 9.17) is 10.1 Å². The van der Waals surface area contributed by atoms with Gasteiger partial charge in [-0.05, 0) is 31.0 Å². The average Bonchev–Trinajstić information content (AvgIpc) is 2.78. The van der Waals surface area contributed by atoms with E-state index in [9.17, 15) is 0 Å². The van der Waals surface area contributed by atoms with Crippen LogP contribution in [0.15, 0.2) is 24.3 Å². The van der Waals surface area contributed by atoms with E-state index in [1.54, 1.807) is 0 Å². The topological polar surface area (TPSA) is 36.3 Å². The molecular formula is C13H16N2O. The summed E-state index contributed by atoms with van der Waals surface area (Å²) in [5, 5.41) is 10.9. The first-order valence-corrected chi connectivity index (χ1v) is 5.71. The van der Waals surface area contributed by atoms with E-state index in [0.29, 0.717) is 5.92 Å². The van der Waals surface area contributed by atoms with Crippen molar-refractivity contribution >= 4 is 0 Å². The molecule has 0 amide bonds. The molecule has 84 valence electrons. The molecule has 16 heavy (non-hydrogen) atoms.